The Morgan fingerprint density at radius 1 is 0.542 bits per heavy atom. The summed E-state index contributed by atoms with van der Waals surface area (Å²) in [5.41, 5.74) is 11.6. The molecule has 0 aliphatic heterocycles. The molecule has 7 heteroatoms. The minimum Gasteiger partial charge on any atom is -0.457 e. The van der Waals surface area contributed by atoms with Gasteiger partial charge in [-0.15, -0.1) is 5.10 Å². The van der Waals surface area contributed by atoms with Crippen LogP contribution in [0.2, 0.25) is 0 Å². The highest BCUT2D eigenvalue weighted by atomic mass is 16.5. The molecule has 0 fully saturated rings. The van der Waals surface area contributed by atoms with Crippen molar-refractivity contribution in [2.75, 3.05) is 0 Å². The van der Waals surface area contributed by atoms with Crippen LogP contribution in [0.5, 0.6) is 11.5 Å². The van der Waals surface area contributed by atoms with Gasteiger partial charge in [-0.25, -0.2) is 9.67 Å². The summed E-state index contributed by atoms with van der Waals surface area (Å²) in [6.45, 7) is 8.85. The second kappa shape index (κ2) is 10.7. The monoisotopic (exact) mass is 624 g/mol. The van der Waals surface area contributed by atoms with Crippen molar-refractivity contribution in [3.63, 3.8) is 0 Å². The van der Waals surface area contributed by atoms with Gasteiger partial charge in [-0.05, 0) is 86.3 Å². The average Bonchev–Trinajstić information content (AvgIpc) is 3.85. The number of rotatable bonds is 5. The van der Waals surface area contributed by atoms with Gasteiger partial charge in [0.25, 0.3) is 0 Å². The summed E-state index contributed by atoms with van der Waals surface area (Å²) in [7, 11) is 0. The molecule has 4 aromatic heterocycles. The third kappa shape index (κ3) is 4.24. The molecule has 0 radical (unpaired) electrons. The maximum absolute atomic E-state index is 6.44. The molecule has 232 valence electrons. The van der Waals surface area contributed by atoms with Crippen LogP contribution in [0.1, 0.15) is 22.3 Å². The number of pyridine rings is 1. The molecule has 0 saturated carbocycles. The molecule has 5 aromatic carbocycles. The molecule has 0 N–H and O–H groups in total. The summed E-state index contributed by atoms with van der Waals surface area (Å²) in [5, 5.41) is 13.0. The van der Waals surface area contributed by atoms with Gasteiger partial charge in [0.05, 0.1) is 45.8 Å². The van der Waals surface area contributed by atoms with E-state index in [4.69, 9.17) is 9.72 Å². The average molecular weight is 625 g/mol. The number of benzene rings is 5. The van der Waals surface area contributed by atoms with Gasteiger partial charge in [0.15, 0.2) is 0 Å². The van der Waals surface area contributed by atoms with E-state index in [1.165, 1.54) is 44.1 Å². The van der Waals surface area contributed by atoms with Crippen molar-refractivity contribution in [3.8, 4) is 28.7 Å². The van der Waals surface area contributed by atoms with Gasteiger partial charge in [0.2, 0.25) is 0 Å². The quantitative estimate of drug-likeness (QED) is 0.191. The molecular weight excluding hydrogens is 592 g/mol. The van der Waals surface area contributed by atoms with E-state index in [9.17, 15) is 0 Å². The van der Waals surface area contributed by atoms with Crippen LogP contribution < -0.4 is 4.74 Å². The molecule has 0 unspecified atom stereocenters. The number of aromatic nitrogens is 6. The number of hydrogen-bond acceptors (Lipinski definition) is 4. The molecule has 0 saturated heterocycles. The Kier molecular flexibility index (Phi) is 6.24. The highest BCUT2D eigenvalue weighted by Crippen LogP contribution is 2.40. The van der Waals surface area contributed by atoms with Gasteiger partial charge in [-0.1, -0.05) is 53.7 Å². The molecule has 0 amide bonds. The number of aryl methyl sites for hydroxylation is 4. The minimum absolute atomic E-state index is 0.716. The predicted octanol–water partition coefficient (Wildman–Crippen LogP) is 9.88. The minimum atomic E-state index is 0.716. The van der Waals surface area contributed by atoms with Crippen LogP contribution in [0.3, 0.4) is 0 Å². The van der Waals surface area contributed by atoms with Gasteiger partial charge in [-0.3, -0.25) is 4.57 Å². The van der Waals surface area contributed by atoms with E-state index in [-0.39, 0.29) is 0 Å². The van der Waals surface area contributed by atoms with Crippen molar-refractivity contribution in [1.82, 2.24) is 29.1 Å². The normalized spacial score (nSPS) is 11.8. The van der Waals surface area contributed by atoms with E-state index < -0.39 is 0 Å². The highest BCUT2D eigenvalue weighted by Gasteiger charge is 2.20. The lowest BCUT2D eigenvalue weighted by Gasteiger charge is -2.14. The molecule has 0 bridgehead atoms. The van der Waals surface area contributed by atoms with Crippen LogP contribution >= 0.6 is 0 Å². The van der Waals surface area contributed by atoms with Crippen molar-refractivity contribution in [2.24, 2.45) is 0 Å². The van der Waals surface area contributed by atoms with E-state index in [1.54, 1.807) is 10.9 Å². The Hall–Kier alpha value is -6.21. The fourth-order valence-electron chi connectivity index (χ4n) is 7.27. The van der Waals surface area contributed by atoms with Crippen molar-refractivity contribution in [1.29, 1.82) is 0 Å². The first-order chi connectivity index (χ1) is 23.5. The third-order valence-corrected chi connectivity index (χ3v) is 9.48. The Morgan fingerprint density at radius 3 is 2.00 bits per heavy atom. The number of hydrogen-bond donors (Lipinski definition) is 0. The molecule has 0 aliphatic rings. The molecule has 9 aromatic rings. The van der Waals surface area contributed by atoms with Gasteiger partial charge in [0.1, 0.15) is 17.3 Å². The maximum atomic E-state index is 6.44. The van der Waals surface area contributed by atoms with E-state index in [0.29, 0.717) is 5.75 Å². The zero-order chi connectivity index (χ0) is 32.5. The highest BCUT2D eigenvalue weighted by molar-refractivity contribution is 6.14. The summed E-state index contributed by atoms with van der Waals surface area (Å²) >= 11 is 0. The first kappa shape index (κ1) is 28.0. The number of fused-ring (bicyclic) bond motifs is 6. The molecule has 7 nitrogen and oxygen atoms in total. The van der Waals surface area contributed by atoms with Crippen molar-refractivity contribution >= 4 is 43.6 Å². The second-order valence-corrected chi connectivity index (χ2v) is 12.5. The predicted molar refractivity (Wildman–Crippen MR) is 193 cm³/mol. The molecule has 48 heavy (non-hydrogen) atoms. The van der Waals surface area contributed by atoms with Crippen molar-refractivity contribution < 1.29 is 4.74 Å². The van der Waals surface area contributed by atoms with Crippen LogP contribution in [-0.2, 0) is 0 Å². The van der Waals surface area contributed by atoms with E-state index >= 15 is 0 Å². The third-order valence-electron chi connectivity index (χ3n) is 9.48. The maximum Gasteiger partial charge on any atom is 0.139 e. The van der Waals surface area contributed by atoms with Crippen LogP contribution in [0, 0.1) is 27.7 Å². The van der Waals surface area contributed by atoms with Gasteiger partial charge >= 0.3 is 0 Å². The summed E-state index contributed by atoms with van der Waals surface area (Å²) in [6, 6.07) is 35.9. The lowest BCUT2D eigenvalue weighted by molar-refractivity contribution is 0.482. The van der Waals surface area contributed by atoms with Crippen LogP contribution in [0.25, 0.3) is 60.8 Å². The topological polar surface area (TPSA) is 62.7 Å². The second-order valence-electron chi connectivity index (χ2n) is 12.5. The smallest absolute Gasteiger partial charge is 0.139 e. The van der Waals surface area contributed by atoms with E-state index in [2.05, 4.69) is 120 Å². The first-order valence-electron chi connectivity index (χ1n) is 16.1. The molecule has 0 spiro atoms. The van der Waals surface area contributed by atoms with Crippen molar-refractivity contribution in [3.05, 3.63) is 144 Å². The Morgan fingerprint density at radius 2 is 1.25 bits per heavy atom. The first-order valence-corrected chi connectivity index (χ1v) is 16.1. The van der Waals surface area contributed by atoms with Crippen molar-refractivity contribution in [2.45, 2.75) is 27.7 Å². The standard InChI is InChI=1S/C41H32N6O/c1-25-12-14-27(3)40-38(25)39-26(2)13-15-28(4)41(39)46(40)30-18-19-42-37(23-30)47-35-11-6-5-10-33(35)34-17-16-32(24-36(34)47)48-31-9-7-8-29(22-31)45-21-20-43-44-45/h5-24H,1-4H3. The summed E-state index contributed by atoms with van der Waals surface area (Å²) in [6.07, 6.45) is 5.40. The largest absolute Gasteiger partial charge is 0.457 e. The number of ether oxygens (including phenoxy) is 1. The van der Waals surface area contributed by atoms with E-state index in [1.807, 2.05) is 42.7 Å². The number of nitrogens with zero attached hydrogens (tertiary/aromatic N) is 6. The summed E-state index contributed by atoms with van der Waals surface area (Å²) in [5.74, 6) is 2.29. The molecule has 0 atom stereocenters. The van der Waals surface area contributed by atoms with Gasteiger partial charge in [0, 0.05) is 45.9 Å². The van der Waals surface area contributed by atoms with Gasteiger partial charge in [-0.2, -0.15) is 0 Å². The van der Waals surface area contributed by atoms with E-state index in [0.717, 1.165) is 44.7 Å². The molecule has 4 heterocycles. The summed E-state index contributed by atoms with van der Waals surface area (Å²) in [4.78, 5) is 4.98. The Bertz CT molecular complexity index is 2630. The molecular formula is C41H32N6O. The zero-order valence-corrected chi connectivity index (χ0v) is 27.1. The van der Waals surface area contributed by atoms with Crippen LogP contribution in [0.4, 0.5) is 0 Å². The zero-order valence-electron chi connectivity index (χ0n) is 27.1. The molecule has 9 rings (SSSR count). The SMILES string of the molecule is Cc1ccc(C)c2c1c1c(C)ccc(C)c1n2-c1ccnc(-n2c3ccccc3c3ccc(Oc4cccc(-n5ccnn5)c4)cc32)c1. The molecule has 0 aliphatic carbocycles. The Balaban J connectivity index is 1.24. The fraction of sp³-hybridized carbons (Fsp3) is 0.0976. The van der Waals surface area contributed by atoms with Crippen LogP contribution in [-0.4, -0.2) is 29.1 Å². The van der Waals surface area contributed by atoms with Gasteiger partial charge < -0.3 is 9.30 Å². The Labute approximate surface area is 277 Å². The lowest BCUT2D eigenvalue weighted by Crippen LogP contribution is -2.02. The lowest BCUT2D eigenvalue weighted by atomic mass is 10.0. The number of para-hydroxylation sites is 1. The van der Waals surface area contributed by atoms with Crippen LogP contribution in [0.15, 0.2) is 122 Å². The fourth-order valence-corrected chi connectivity index (χ4v) is 7.27. The summed E-state index contributed by atoms with van der Waals surface area (Å²) < 4.78 is 12.8.